The summed E-state index contributed by atoms with van der Waals surface area (Å²) in [5, 5.41) is 0. The Labute approximate surface area is 159 Å². The highest BCUT2D eigenvalue weighted by Crippen LogP contribution is 2.40. The molecule has 1 aromatic rings. The van der Waals surface area contributed by atoms with E-state index >= 15 is 0 Å². The molecule has 4 rings (SSSR count). The average molecular weight is 369 g/mol. The number of hydrogen-bond donors (Lipinski definition) is 0. The van der Waals surface area contributed by atoms with Gasteiger partial charge < -0.3 is 8.85 Å². The molecule has 1 aromatic carbocycles. The first-order chi connectivity index (χ1) is 12.5. The molecule has 2 nitrogen and oxygen atoms in total. The molecular formula is C23H32O2Si. The van der Waals surface area contributed by atoms with Crippen LogP contribution in [0.3, 0.4) is 0 Å². The van der Waals surface area contributed by atoms with E-state index in [1.54, 1.807) is 0 Å². The molecule has 0 aliphatic heterocycles. The Morgan fingerprint density at radius 2 is 1.69 bits per heavy atom. The van der Waals surface area contributed by atoms with Gasteiger partial charge in [-0.2, -0.15) is 0 Å². The lowest BCUT2D eigenvalue weighted by Crippen LogP contribution is -2.41. The molecule has 3 heteroatoms. The Bertz CT molecular complexity index is 689. The van der Waals surface area contributed by atoms with Crippen LogP contribution in [-0.2, 0) is 8.85 Å². The zero-order valence-electron chi connectivity index (χ0n) is 16.5. The SMILES string of the molecule is CCC.C[Si](C)(OC1C=Cc2ccccc21)OC1CCC2C=CC=CC21. The van der Waals surface area contributed by atoms with Crippen LogP contribution in [0.5, 0.6) is 0 Å². The number of fused-ring (bicyclic) bond motifs is 2. The van der Waals surface area contributed by atoms with Gasteiger partial charge in [0, 0.05) is 5.92 Å². The number of hydrogen-bond acceptors (Lipinski definition) is 2. The van der Waals surface area contributed by atoms with Crippen molar-refractivity contribution in [3.8, 4) is 0 Å². The van der Waals surface area contributed by atoms with Gasteiger partial charge in [0.2, 0.25) is 0 Å². The van der Waals surface area contributed by atoms with E-state index < -0.39 is 8.56 Å². The van der Waals surface area contributed by atoms with Crippen LogP contribution in [-0.4, -0.2) is 14.7 Å². The lowest BCUT2D eigenvalue weighted by Gasteiger charge is -2.32. The van der Waals surface area contributed by atoms with Gasteiger partial charge in [0.25, 0.3) is 0 Å². The summed E-state index contributed by atoms with van der Waals surface area (Å²) in [5.74, 6) is 1.18. The van der Waals surface area contributed by atoms with Gasteiger partial charge in [-0.1, -0.05) is 81.0 Å². The molecule has 0 radical (unpaired) electrons. The first-order valence-electron chi connectivity index (χ1n) is 10.0. The third-order valence-electron chi connectivity index (χ3n) is 5.11. The molecule has 0 bridgehead atoms. The van der Waals surface area contributed by atoms with Crippen LogP contribution < -0.4 is 0 Å². The average Bonchev–Trinajstić information content (AvgIpc) is 3.20. The van der Waals surface area contributed by atoms with Crippen molar-refractivity contribution in [2.24, 2.45) is 11.8 Å². The first-order valence-corrected chi connectivity index (χ1v) is 12.8. The summed E-state index contributed by atoms with van der Waals surface area (Å²) in [4.78, 5) is 0. The fourth-order valence-electron chi connectivity index (χ4n) is 4.06. The van der Waals surface area contributed by atoms with E-state index in [1.165, 1.54) is 24.0 Å². The van der Waals surface area contributed by atoms with Crippen molar-refractivity contribution >= 4 is 14.6 Å². The zero-order valence-corrected chi connectivity index (χ0v) is 17.5. The molecule has 0 saturated heterocycles. The second-order valence-corrected chi connectivity index (χ2v) is 11.1. The van der Waals surface area contributed by atoms with Gasteiger partial charge in [0.1, 0.15) is 0 Å². The molecule has 4 unspecified atom stereocenters. The van der Waals surface area contributed by atoms with E-state index in [-0.39, 0.29) is 6.10 Å². The lowest BCUT2D eigenvalue weighted by molar-refractivity contribution is 0.0876. The maximum atomic E-state index is 6.54. The van der Waals surface area contributed by atoms with Crippen LogP contribution in [0.4, 0.5) is 0 Å². The summed E-state index contributed by atoms with van der Waals surface area (Å²) in [5.41, 5.74) is 2.53. The second-order valence-electron chi connectivity index (χ2n) is 7.88. The normalized spacial score (nSPS) is 28.5. The highest BCUT2D eigenvalue weighted by molar-refractivity contribution is 6.64. The fraction of sp³-hybridized carbons (Fsp3) is 0.478. The van der Waals surface area contributed by atoms with E-state index in [9.17, 15) is 0 Å². The van der Waals surface area contributed by atoms with Crippen LogP contribution in [0.1, 0.15) is 50.3 Å². The molecular weight excluding hydrogens is 336 g/mol. The molecule has 3 aliphatic rings. The van der Waals surface area contributed by atoms with Crippen molar-refractivity contribution < 1.29 is 8.85 Å². The van der Waals surface area contributed by atoms with Crippen molar-refractivity contribution in [1.29, 1.82) is 0 Å². The molecule has 0 aromatic heterocycles. The number of rotatable bonds is 4. The molecule has 1 saturated carbocycles. The minimum Gasteiger partial charge on any atom is -0.391 e. The summed E-state index contributed by atoms with van der Waals surface area (Å²) >= 11 is 0. The molecule has 4 atom stereocenters. The van der Waals surface area contributed by atoms with Gasteiger partial charge >= 0.3 is 8.56 Å². The summed E-state index contributed by atoms with van der Waals surface area (Å²) in [6.45, 7) is 8.61. The molecule has 1 fully saturated rings. The summed E-state index contributed by atoms with van der Waals surface area (Å²) in [7, 11) is -2.19. The number of benzene rings is 1. The standard InChI is InChI=1S/C20H24O2Si.C3H8/c1-23(2,21-19-13-11-15-7-3-5-9-17(15)19)22-20-14-12-16-8-4-6-10-18(16)20;1-3-2/h3-11,13,16,18-20H,12,14H2,1-2H3;3H2,1-2H3. The first kappa shape index (κ1) is 19.3. The van der Waals surface area contributed by atoms with E-state index in [0.717, 1.165) is 6.42 Å². The smallest absolute Gasteiger partial charge is 0.332 e. The van der Waals surface area contributed by atoms with Crippen molar-refractivity contribution in [3.05, 3.63) is 65.8 Å². The zero-order chi connectivity index (χ0) is 18.6. The van der Waals surface area contributed by atoms with E-state index in [0.29, 0.717) is 17.9 Å². The van der Waals surface area contributed by atoms with Gasteiger partial charge in [0.15, 0.2) is 0 Å². The molecule has 0 spiro atoms. The Morgan fingerprint density at radius 1 is 0.962 bits per heavy atom. The summed E-state index contributed by atoms with van der Waals surface area (Å²) in [6.07, 6.45) is 17.3. The highest BCUT2D eigenvalue weighted by Gasteiger charge is 2.40. The molecule has 140 valence electrons. The predicted octanol–water partition coefficient (Wildman–Crippen LogP) is 6.43. The largest absolute Gasteiger partial charge is 0.391 e. The van der Waals surface area contributed by atoms with Crippen molar-refractivity contribution in [2.75, 3.05) is 0 Å². The Balaban J connectivity index is 0.000000613. The summed E-state index contributed by atoms with van der Waals surface area (Å²) in [6, 6.07) is 8.46. The van der Waals surface area contributed by atoms with E-state index in [1.807, 2.05) is 0 Å². The molecule has 26 heavy (non-hydrogen) atoms. The van der Waals surface area contributed by atoms with E-state index in [2.05, 4.69) is 87.7 Å². The predicted molar refractivity (Wildman–Crippen MR) is 112 cm³/mol. The Kier molecular flexibility index (Phi) is 6.33. The quantitative estimate of drug-likeness (QED) is 0.570. The molecule has 0 heterocycles. The van der Waals surface area contributed by atoms with Crippen LogP contribution in [0.2, 0.25) is 13.1 Å². The summed E-state index contributed by atoms with van der Waals surface area (Å²) < 4.78 is 13.0. The second kappa shape index (κ2) is 8.51. The number of allylic oxidation sites excluding steroid dienone is 3. The van der Waals surface area contributed by atoms with Gasteiger partial charge in [-0.3, -0.25) is 0 Å². The minimum atomic E-state index is -2.19. The topological polar surface area (TPSA) is 18.5 Å². The monoisotopic (exact) mass is 368 g/mol. The third-order valence-corrected chi connectivity index (χ3v) is 6.80. The highest BCUT2D eigenvalue weighted by atomic mass is 28.4. The van der Waals surface area contributed by atoms with E-state index in [4.69, 9.17) is 8.85 Å². The Morgan fingerprint density at radius 3 is 2.50 bits per heavy atom. The van der Waals surface area contributed by atoms with Gasteiger partial charge in [-0.15, -0.1) is 0 Å². The fourth-order valence-corrected chi connectivity index (χ4v) is 5.94. The van der Waals surface area contributed by atoms with Crippen LogP contribution in [0.15, 0.2) is 54.6 Å². The maximum Gasteiger partial charge on any atom is 0.332 e. The van der Waals surface area contributed by atoms with Gasteiger partial charge in [0.05, 0.1) is 12.2 Å². The molecule has 0 N–H and O–H groups in total. The van der Waals surface area contributed by atoms with Gasteiger partial charge in [-0.05, 0) is 43.0 Å². The lowest BCUT2D eigenvalue weighted by atomic mass is 9.91. The van der Waals surface area contributed by atoms with Gasteiger partial charge in [-0.25, -0.2) is 0 Å². The van der Waals surface area contributed by atoms with Crippen LogP contribution >= 0.6 is 0 Å². The maximum absolute atomic E-state index is 6.54. The van der Waals surface area contributed by atoms with Crippen molar-refractivity contribution in [2.45, 2.75) is 58.4 Å². The molecule has 0 amide bonds. The van der Waals surface area contributed by atoms with Crippen molar-refractivity contribution in [3.63, 3.8) is 0 Å². The Hall–Kier alpha value is -1.42. The third kappa shape index (κ3) is 4.45. The van der Waals surface area contributed by atoms with Crippen LogP contribution in [0.25, 0.3) is 6.08 Å². The molecule has 3 aliphatic carbocycles. The minimum absolute atomic E-state index is 0.0480. The van der Waals surface area contributed by atoms with Crippen LogP contribution in [0, 0.1) is 11.8 Å². The van der Waals surface area contributed by atoms with Crippen molar-refractivity contribution in [1.82, 2.24) is 0 Å².